The van der Waals surface area contributed by atoms with Crippen molar-refractivity contribution < 1.29 is 14.3 Å². The maximum absolute atomic E-state index is 12.5. The Balaban J connectivity index is 1.79. The van der Waals surface area contributed by atoms with Crippen molar-refractivity contribution in [2.45, 2.75) is 6.54 Å². The van der Waals surface area contributed by atoms with Crippen LogP contribution in [0.3, 0.4) is 0 Å². The summed E-state index contributed by atoms with van der Waals surface area (Å²) in [6.07, 6.45) is 4.55. The van der Waals surface area contributed by atoms with E-state index in [2.05, 4.69) is 15.3 Å². The average molecular weight is 387 g/mol. The quantitative estimate of drug-likeness (QED) is 0.495. The first-order chi connectivity index (χ1) is 14.1. The van der Waals surface area contributed by atoms with Crippen molar-refractivity contribution in [3.63, 3.8) is 0 Å². The number of amides is 1. The number of hydrogen-bond acceptors (Lipinski definition) is 6. The molecule has 0 radical (unpaired) electrons. The summed E-state index contributed by atoms with van der Waals surface area (Å²) in [6.45, 7) is 0.215. The molecule has 0 aliphatic rings. The third-order valence-corrected chi connectivity index (χ3v) is 4.26. The number of carbonyl (C=O) groups excluding carboxylic acids is 1. The van der Waals surface area contributed by atoms with Gasteiger partial charge in [0.25, 0.3) is 5.91 Å². The largest absolute Gasteiger partial charge is 0.493 e. The standard InChI is InChI=1S/C21H17N5O3/c1-28-18-4-3-13(6-19(18)29-2)10-26-21(27)15(9-23)7-16-12-25-20-17(16)5-14(8-22)11-24-20/h3-7,11-12H,10H2,1-2H3,(H,24,25)(H,26,27)/b15-7+. The fraction of sp³-hybridized carbons (Fsp3) is 0.143. The number of nitrogens with zero attached hydrogens (tertiary/aromatic N) is 3. The van der Waals surface area contributed by atoms with E-state index in [1.807, 2.05) is 12.1 Å². The summed E-state index contributed by atoms with van der Waals surface area (Å²) in [6, 6.07) is 10.9. The second-order valence-electron chi connectivity index (χ2n) is 6.02. The molecule has 0 bridgehead atoms. The number of methoxy groups -OCH3 is 2. The smallest absolute Gasteiger partial charge is 0.262 e. The first-order valence-corrected chi connectivity index (χ1v) is 8.57. The summed E-state index contributed by atoms with van der Waals surface area (Å²) in [4.78, 5) is 19.6. The molecule has 0 fully saturated rings. The maximum atomic E-state index is 12.5. The van der Waals surface area contributed by atoms with Crippen molar-refractivity contribution in [3.8, 4) is 23.6 Å². The van der Waals surface area contributed by atoms with Gasteiger partial charge < -0.3 is 19.8 Å². The van der Waals surface area contributed by atoms with Gasteiger partial charge in [-0.1, -0.05) is 6.07 Å². The highest BCUT2D eigenvalue weighted by Crippen LogP contribution is 2.27. The third kappa shape index (κ3) is 4.18. The minimum absolute atomic E-state index is 0.0614. The number of pyridine rings is 1. The van der Waals surface area contributed by atoms with Crippen LogP contribution in [0, 0.1) is 22.7 Å². The summed E-state index contributed by atoms with van der Waals surface area (Å²) in [7, 11) is 3.08. The number of nitrogens with one attached hydrogen (secondary N) is 2. The predicted molar refractivity (Wildman–Crippen MR) is 106 cm³/mol. The number of hydrogen-bond donors (Lipinski definition) is 2. The number of aromatic nitrogens is 2. The van der Waals surface area contributed by atoms with Crippen molar-refractivity contribution in [2.75, 3.05) is 14.2 Å². The Morgan fingerprint density at radius 2 is 2.03 bits per heavy atom. The highest BCUT2D eigenvalue weighted by Gasteiger charge is 2.12. The summed E-state index contributed by atoms with van der Waals surface area (Å²) in [5.74, 6) is 0.626. The van der Waals surface area contributed by atoms with Crippen LogP contribution in [0.1, 0.15) is 16.7 Å². The van der Waals surface area contributed by atoms with Gasteiger partial charge in [-0.2, -0.15) is 10.5 Å². The molecule has 29 heavy (non-hydrogen) atoms. The lowest BCUT2D eigenvalue weighted by atomic mass is 10.1. The van der Waals surface area contributed by atoms with Crippen LogP contribution in [0.4, 0.5) is 0 Å². The van der Waals surface area contributed by atoms with Crippen LogP contribution < -0.4 is 14.8 Å². The molecule has 0 aliphatic heterocycles. The molecule has 2 N–H and O–H groups in total. The second kappa shape index (κ2) is 8.59. The van der Waals surface area contributed by atoms with Crippen LogP contribution in [0.25, 0.3) is 17.1 Å². The van der Waals surface area contributed by atoms with E-state index in [0.717, 1.165) is 5.56 Å². The van der Waals surface area contributed by atoms with Gasteiger partial charge in [0.15, 0.2) is 11.5 Å². The zero-order valence-corrected chi connectivity index (χ0v) is 15.8. The number of benzene rings is 1. The molecule has 8 heteroatoms. The van der Waals surface area contributed by atoms with Crippen molar-refractivity contribution in [3.05, 3.63) is 58.9 Å². The van der Waals surface area contributed by atoms with Crippen LogP contribution in [0.15, 0.2) is 42.2 Å². The molecule has 3 rings (SSSR count). The van der Waals surface area contributed by atoms with E-state index in [9.17, 15) is 10.1 Å². The second-order valence-corrected chi connectivity index (χ2v) is 6.02. The fourth-order valence-electron chi connectivity index (χ4n) is 2.78. The molecule has 2 heterocycles. The first-order valence-electron chi connectivity index (χ1n) is 8.57. The lowest BCUT2D eigenvalue weighted by molar-refractivity contribution is -0.117. The molecule has 0 unspecified atom stereocenters. The topological polar surface area (TPSA) is 124 Å². The third-order valence-electron chi connectivity index (χ3n) is 4.26. The highest BCUT2D eigenvalue weighted by atomic mass is 16.5. The molecule has 0 spiro atoms. The Morgan fingerprint density at radius 1 is 1.24 bits per heavy atom. The van der Waals surface area contributed by atoms with Gasteiger partial charge in [0, 0.05) is 29.9 Å². The molecule has 0 saturated carbocycles. The van der Waals surface area contributed by atoms with E-state index in [0.29, 0.717) is 33.7 Å². The number of aromatic amines is 1. The predicted octanol–water partition coefficient (Wildman–Crippen LogP) is 2.68. The molecule has 144 valence electrons. The van der Waals surface area contributed by atoms with E-state index in [4.69, 9.17) is 14.7 Å². The molecular weight excluding hydrogens is 370 g/mol. The van der Waals surface area contributed by atoms with E-state index in [-0.39, 0.29) is 12.1 Å². The average Bonchev–Trinajstić information content (AvgIpc) is 3.17. The van der Waals surface area contributed by atoms with Crippen molar-refractivity contribution in [1.29, 1.82) is 10.5 Å². The molecule has 1 aromatic carbocycles. The van der Waals surface area contributed by atoms with Gasteiger partial charge in [-0.15, -0.1) is 0 Å². The molecule has 2 aromatic heterocycles. The summed E-state index contributed by atoms with van der Waals surface area (Å²) in [5, 5.41) is 21.8. The van der Waals surface area contributed by atoms with Crippen molar-refractivity contribution >= 4 is 23.0 Å². The van der Waals surface area contributed by atoms with Gasteiger partial charge >= 0.3 is 0 Å². The Kier molecular flexibility index (Phi) is 5.77. The Hall–Kier alpha value is -4.30. The summed E-state index contributed by atoms with van der Waals surface area (Å²) >= 11 is 0. The molecule has 0 saturated heterocycles. The maximum Gasteiger partial charge on any atom is 0.262 e. The molecule has 0 aliphatic carbocycles. The first kappa shape index (κ1) is 19.5. The molecule has 3 aromatic rings. The van der Waals surface area contributed by atoms with E-state index in [1.165, 1.54) is 19.4 Å². The van der Waals surface area contributed by atoms with E-state index in [1.54, 1.807) is 37.6 Å². The minimum atomic E-state index is -0.513. The number of nitriles is 2. The number of fused-ring (bicyclic) bond motifs is 1. The number of ether oxygens (including phenoxy) is 2. The van der Waals surface area contributed by atoms with Gasteiger partial charge in [-0.25, -0.2) is 4.98 Å². The number of H-pyrrole nitrogens is 1. The van der Waals surface area contributed by atoms with Gasteiger partial charge in [0.2, 0.25) is 0 Å². The Morgan fingerprint density at radius 3 is 2.72 bits per heavy atom. The number of rotatable bonds is 6. The summed E-state index contributed by atoms with van der Waals surface area (Å²) in [5.41, 5.74) is 2.29. The molecular formula is C21H17N5O3. The SMILES string of the molecule is COc1ccc(CNC(=O)/C(C#N)=C/c2c[nH]c3ncc(C#N)cc23)cc1OC. The van der Waals surface area contributed by atoms with Crippen LogP contribution >= 0.6 is 0 Å². The van der Waals surface area contributed by atoms with Crippen LogP contribution in [-0.4, -0.2) is 30.1 Å². The summed E-state index contributed by atoms with van der Waals surface area (Å²) < 4.78 is 10.4. The molecule has 8 nitrogen and oxygen atoms in total. The van der Waals surface area contributed by atoms with Crippen LogP contribution in [-0.2, 0) is 11.3 Å². The molecule has 1 amide bonds. The van der Waals surface area contributed by atoms with Crippen molar-refractivity contribution in [1.82, 2.24) is 15.3 Å². The Bertz CT molecular complexity index is 1180. The monoisotopic (exact) mass is 387 g/mol. The van der Waals surface area contributed by atoms with E-state index < -0.39 is 5.91 Å². The Labute approximate surface area is 167 Å². The zero-order chi connectivity index (χ0) is 20.8. The van der Waals surface area contributed by atoms with Gasteiger partial charge in [0.1, 0.15) is 23.4 Å². The highest BCUT2D eigenvalue weighted by molar-refractivity contribution is 6.03. The van der Waals surface area contributed by atoms with Gasteiger partial charge in [-0.05, 0) is 29.8 Å². The van der Waals surface area contributed by atoms with Gasteiger partial charge in [-0.3, -0.25) is 4.79 Å². The minimum Gasteiger partial charge on any atom is -0.493 e. The van der Waals surface area contributed by atoms with E-state index >= 15 is 0 Å². The lowest BCUT2D eigenvalue weighted by Gasteiger charge is -2.10. The lowest BCUT2D eigenvalue weighted by Crippen LogP contribution is -2.24. The molecule has 0 atom stereocenters. The number of carbonyl (C=O) groups is 1. The zero-order valence-electron chi connectivity index (χ0n) is 15.8. The van der Waals surface area contributed by atoms with Crippen LogP contribution in [0.5, 0.6) is 11.5 Å². The normalized spacial score (nSPS) is 10.8. The van der Waals surface area contributed by atoms with Gasteiger partial charge in [0.05, 0.1) is 19.8 Å². The van der Waals surface area contributed by atoms with Crippen LogP contribution in [0.2, 0.25) is 0 Å². The fourth-order valence-corrected chi connectivity index (χ4v) is 2.78. The van der Waals surface area contributed by atoms with Crippen molar-refractivity contribution in [2.24, 2.45) is 0 Å².